The molecular weight excluding hydrogens is 426 g/mol. The Hall–Kier alpha value is -2.71. The highest BCUT2D eigenvalue weighted by Crippen LogP contribution is 2.38. The van der Waals surface area contributed by atoms with Crippen LogP contribution >= 0.6 is 22.9 Å². The second-order valence-corrected chi connectivity index (χ2v) is 8.52. The molecule has 1 atom stereocenters. The van der Waals surface area contributed by atoms with Crippen LogP contribution in [0.25, 0.3) is 10.2 Å². The summed E-state index contributed by atoms with van der Waals surface area (Å²) in [6, 6.07) is 11.2. The van der Waals surface area contributed by atoms with E-state index in [4.69, 9.17) is 30.8 Å². The van der Waals surface area contributed by atoms with Gasteiger partial charge in [-0.2, -0.15) is 0 Å². The van der Waals surface area contributed by atoms with E-state index in [1.807, 2.05) is 41.3 Å². The van der Waals surface area contributed by atoms with Gasteiger partial charge in [0.2, 0.25) is 6.10 Å². The molecule has 0 saturated carbocycles. The van der Waals surface area contributed by atoms with Crippen molar-refractivity contribution in [1.29, 1.82) is 0 Å². The molecule has 1 aromatic heterocycles. The second kappa shape index (κ2) is 7.85. The van der Waals surface area contributed by atoms with Gasteiger partial charge in [-0.1, -0.05) is 35.1 Å². The molecule has 3 aromatic rings. The number of halogens is 1. The van der Waals surface area contributed by atoms with Gasteiger partial charge in [0.1, 0.15) is 12.1 Å². The molecule has 2 aromatic carbocycles. The molecule has 0 N–H and O–H groups in total. The first-order chi connectivity index (χ1) is 14.6. The number of hydrogen-bond acceptors (Lipinski definition) is 7. The van der Waals surface area contributed by atoms with Crippen LogP contribution in [0, 0.1) is 0 Å². The van der Waals surface area contributed by atoms with E-state index in [-0.39, 0.29) is 12.5 Å². The molecule has 0 radical (unpaired) electrons. The van der Waals surface area contributed by atoms with Crippen LogP contribution in [0.3, 0.4) is 0 Å². The minimum atomic E-state index is -0.611. The third-order valence-corrected chi connectivity index (χ3v) is 6.68. The number of nitrogens with zero attached hydrogens (tertiary/aromatic N) is 3. The first kappa shape index (κ1) is 19.3. The summed E-state index contributed by atoms with van der Waals surface area (Å²) in [6.07, 6.45) is -0.611. The molecule has 0 aliphatic carbocycles. The quantitative estimate of drug-likeness (QED) is 0.615. The van der Waals surface area contributed by atoms with Crippen molar-refractivity contribution < 1.29 is 19.0 Å². The van der Waals surface area contributed by atoms with Crippen molar-refractivity contribution in [2.45, 2.75) is 6.10 Å². The van der Waals surface area contributed by atoms with E-state index in [2.05, 4.69) is 4.90 Å². The molecule has 0 spiro atoms. The van der Waals surface area contributed by atoms with Crippen LogP contribution in [-0.2, 0) is 4.79 Å². The zero-order valence-electron chi connectivity index (χ0n) is 16.3. The van der Waals surface area contributed by atoms with E-state index in [1.165, 1.54) is 0 Å². The predicted molar refractivity (Wildman–Crippen MR) is 116 cm³/mol. The van der Waals surface area contributed by atoms with Gasteiger partial charge in [-0.15, -0.1) is 0 Å². The van der Waals surface area contributed by atoms with Crippen molar-refractivity contribution in [1.82, 2.24) is 9.88 Å². The van der Waals surface area contributed by atoms with Crippen molar-refractivity contribution in [2.75, 3.05) is 44.8 Å². The van der Waals surface area contributed by atoms with Gasteiger partial charge in [-0.05, 0) is 24.3 Å². The maximum Gasteiger partial charge on any atom is 0.267 e. The lowest BCUT2D eigenvalue weighted by Gasteiger charge is -2.37. The van der Waals surface area contributed by atoms with Crippen LogP contribution in [0.5, 0.6) is 17.2 Å². The molecule has 30 heavy (non-hydrogen) atoms. The fourth-order valence-electron chi connectivity index (χ4n) is 3.73. The Balaban J connectivity index is 1.26. The van der Waals surface area contributed by atoms with Crippen molar-refractivity contribution in [2.24, 2.45) is 0 Å². The molecule has 1 saturated heterocycles. The lowest BCUT2D eigenvalue weighted by molar-refractivity contribution is -0.141. The minimum Gasteiger partial charge on any atom is -0.493 e. The van der Waals surface area contributed by atoms with Gasteiger partial charge < -0.3 is 24.0 Å². The molecule has 1 amide bonds. The van der Waals surface area contributed by atoms with E-state index in [0.29, 0.717) is 48.5 Å². The molecule has 7 nitrogen and oxygen atoms in total. The lowest BCUT2D eigenvalue weighted by atomic mass is 10.2. The van der Waals surface area contributed by atoms with Gasteiger partial charge in [-0.3, -0.25) is 4.79 Å². The van der Waals surface area contributed by atoms with Gasteiger partial charge in [0, 0.05) is 26.2 Å². The number of aromatic nitrogens is 1. The van der Waals surface area contributed by atoms with Crippen LogP contribution in [0.1, 0.15) is 0 Å². The van der Waals surface area contributed by atoms with Gasteiger partial charge in [0.25, 0.3) is 5.91 Å². The number of fused-ring (bicyclic) bond motifs is 2. The summed E-state index contributed by atoms with van der Waals surface area (Å²) < 4.78 is 18.0. The highest BCUT2D eigenvalue weighted by molar-refractivity contribution is 7.22. The molecule has 9 heteroatoms. The Morgan fingerprint density at radius 2 is 1.93 bits per heavy atom. The molecule has 2 aliphatic rings. The van der Waals surface area contributed by atoms with Crippen LogP contribution in [-0.4, -0.2) is 61.8 Å². The summed E-state index contributed by atoms with van der Waals surface area (Å²) in [4.78, 5) is 21.7. The summed E-state index contributed by atoms with van der Waals surface area (Å²) in [5, 5.41) is 1.46. The summed E-state index contributed by atoms with van der Waals surface area (Å²) in [5.74, 6) is 1.85. The van der Waals surface area contributed by atoms with Gasteiger partial charge in [0.05, 0.1) is 16.8 Å². The summed E-state index contributed by atoms with van der Waals surface area (Å²) in [5.41, 5.74) is 0.773. The Morgan fingerprint density at radius 3 is 2.70 bits per heavy atom. The van der Waals surface area contributed by atoms with Crippen LogP contribution in [0.15, 0.2) is 36.4 Å². The van der Waals surface area contributed by atoms with Crippen LogP contribution < -0.4 is 19.1 Å². The highest BCUT2D eigenvalue weighted by Gasteiger charge is 2.33. The summed E-state index contributed by atoms with van der Waals surface area (Å²) in [7, 11) is 1.60. The van der Waals surface area contributed by atoms with Gasteiger partial charge in [0.15, 0.2) is 22.4 Å². The SMILES string of the molecule is COc1c(Cl)ccc2sc(N3CCN(C(=O)C4COc5ccccc5O4)CC3)nc12. The Bertz CT molecular complexity index is 1100. The second-order valence-electron chi connectivity index (χ2n) is 7.10. The van der Waals surface area contributed by atoms with Gasteiger partial charge >= 0.3 is 0 Å². The van der Waals surface area contributed by atoms with Crippen molar-refractivity contribution in [3.8, 4) is 17.2 Å². The average Bonchev–Trinajstić information content (AvgIpc) is 3.22. The number of carbonyl (C=O) groups is 1. The topological polar surface area (TPSA) is 64.1 Å². The number of anilines is 1. The van der Waals surface area contributed by atoms with Crippen LogP contribution in [0.4, 0.5) is 5.13 Å². The van der Waals surface area contributed by atoms with E-state index in [9.17, 15) is 4.79 Å². The summed E-state index contributed by atoms with van der Waals surface area (Å²) >= 11 is 7.82. The average molecular weight is 446 g/mol. The first-order valence-electron chi connectivity index (χ1n) is 9.69. The fraction of sp³-hybridized carbons (Fsp3) is 0.333. The maximum absolute atomic E-state index is 12.9. The number of ether oxygens (including phenoxy) is 3. The normalized spacial score (nSPS) is 18.5. The first-order valence-corrected chi connectivity index (χ1v) is 10.9. The molecule has 0 bridgehead atoms. The maximum atomic E-state index is 12.9. The molecule has 1 fully saturated rings. The number of methoxy groups -OCH3 is 1. The standard InChI is InChI=1S/C21H20ClN3O4S/c1-27-19-13(22)6-7-17-18(19)23-21(30-17)25-10-8-24(9-11-25)20(26)16-12-28-14-4-2-3-5-15(14)29-16/h2-7,16H,8-12H2,1H3. The highest BCUT2D eigenvalue weighted by atomic mass is 35.5. The molecule has 1 unspecified atom stereocenters. The number of hydrogen-bond donors (Lipinski definition) is 0. The zero-order chi connectivity index (χ0) is 20.7. The minimum absolute atomic E-state index is 0.0399. The fourth-order valence-corrected chi connectivity index (χ4v) is 4.97. The van der Waals surface area contributed by atoms with E-state index in [1.54, 1.807) is 18.4 Å². The van der Waals surface area contributed by atoms with Gasteiger partial charge in [-0.25, -0.2) is 4.98 Å². The van der Waals surface area contributed by atoms with E-state index >= 15 is 0 Å². The van der Waals surface area contributed by atoms with Crippen molar-refractivity contribution in [3.63, 3.8) is 0 Å². The number of thiazole rings is 1. The number of para-hydroxylation sites is 2. The monoisotopic (exact) mass is 445 g/mol. The predicted octanol–water partition coefficient (Wildman–Crippen LogP) is 3.45. The number of benzene rings is 2. The van der Waals surface area contributed by atoms with Crippen LogP contribution in [0.2, 0.25) is 5.02 Å². The lowest BCUT2D eigenvalue weighted by Crippen LogP contribution is -2.54. The number of piperazine rings is 1. The van der Waals surface area contributed by atoms with Crippen molar-refractivity contribution in [3.05, 3.63) is 41.4 Å². The van der Waals surface area contributed by atoms with Crippen molar-refractivity contribution >= 4 is 44.2 Å². The molecule has 5 rings (SSSR count). The number of carbonyl (C=O) groups excluding carboxylic acids is 1. The smallest absolute Gasteiger partial charge is 0.267 e. The Labute approximate surface area is 182 Å². The van der Waals surface area contributed by atoms with E-state index < -0.39 is 6.10 Å². The summed E-state index contributed by atoms with van der Waals surface area (Å²) in [6.45, 7) is 2.84. The number of rotatable bonds is 3. The Morgan fingerprint density at radius 1 is 1.17 bits per heavy atom. The third-order valence-electron chi connectivity index (χ3n) is 5.31. The molecule has 3 heterocycles. The molecule has 2 aliphatic heterocycles. The molecular formula is C21H20ClN3O4S. The molecule has 156 valence electrons. The Kier molecular flexibility index (Phi) is 5.04. The number of amides is 1. The zero-order valence-corrected chi connectivity index (χ0v) is 17.9. The third kappa shape index (κ3) is 3.40. The van der Waals surface area contributed by atoms with E-state index in [0.717, 1.165) is 15.3 Å². The largest absolute Gasteiger partial charge is 0.493 e.